The molecule has 2 rings (SSSR count). The van der Waals surface area contributed by atoms with Gasteiger partial charge in [0.05, 0.1) is 11.5 Å². The average molecular weight is 386 g/mol. The first-order valence-electron chi connectivity index (χ1n) is 8.20. The van der Waals surface area contributed by atoms with Gasteiger partial charge in [-0.1, -0.05) is 6.92 Å². The summed E-state index contributed by atoms with van der Waals surface area (Å²) in [6, 6.07) is -0.00158. The van der Waals surface area contributed by atoms with Crippen molar-refractivity contribution in [3.63, 3.8) is 0 Å². The van der Waals surface area contributed by atoms with Crippen molar-refractivity contribution < 1.29 is 32.4 Å². The number of esters is 1. The molecule has 1 saturated carbocycles. The summed E-state index contributed by atoms with van der Waals surface area (Å²) in [6.07, 6.45) is 2.96. The molecule has 0 bridgehead atoms. The summed E-state index contributed by atoms with van der Waals surface area (Å²) in [5.41, 5.74) is -4.63. The highest BCUT2D eigenvalue weighted by molar-refractivity contribution is 6.25. The molecule has 1 N–H and O–H groups in total. The Morgan fingerprint density at radius 1 is 1.26 bits per heavy atom. The third kappa shape index (κ3) is 4.26. The number of Topliss-reactive ketones (excluding diaryl/α,β-unsaturated/α-hetero) is 1. The molecule has 0 amide bonds. The molecular weight excluding hydrogens is 369 g/mol. The van der Waals surface area contributed by atoms with Gasteiger partial charge in [-0.05, 0) is 26.2 Å². The molecule has 0 radical (unpaired) electrons. The Labute approximate surface area is 152 Å². The van der Waals surface area contributed by atoms with Gasteiger partial charge >= 0.3 is 11.7 Å². The number of ketones is 1. The van der Waals surface area contributed by atoms with Crippen LogP contribution in [0.4, 0.5) is 18.9 Å². The van der Waals surface area contributed by atoms with Gasteiger partial charge in [0.25, 0.3) is 0 Å². The molecule has 0 atom stereocenters. The van der Waals surface area contributed by atoms with Crippen molar-refractivity contribution in [1.29, 1.82) is 0 Å². The summed E-state index contributed by atoms with van der Waals surface area (Å²) in [4.78, 5) is 34.6. The monoisotopic (exact) mass is 386 g/mol. The summed E-state index contributed by atoms with van der Waals surface area (Å²) in [7, 11) is 0. The normalized spacial score (nSPS) is 14.0. The maximum atomic E-state index is 14.5. The second-order valence-corrected chi connectivity index (χ2v) is 6.01. The summed E-state index contributed by atoms with van der Waals surface area (Å²) in [5, 5.41) is 13.9. The van der Waals surface area contributed by atoms with E-state index < -0.39 is 56.5 Å². The number of rotatable bonds is 8. The molecule has 27 heavy (non-hydrogen) atoms. The molecule has 1 aromatic rings. The van der Waals surface area contributed by atoms with Crippen molar-refractivity contribution in [2.45, 2.75) is 39.2 Å². The minimum atomic E-state index is -1.97. The Morgan fingerprint density at radius 3 is 2.41 bits per heavy atom. The predicted octanol–water partition coefficient (Wildman–Crippen LogP) is 3.09. The Kier molecular flexibility index (Phi) is 6.19. The molecule has 0 aliphatic heterocycles. The topological polar surface area (TPSA) is 98.5 Å². The lowest BCUT2D eigenvalue weighted by Gasteiger charge is -2.11. The van der Waals surface area contributed by atoms with Crippen LogP contribution in [0, 0.1) is 34.5 Å². The SMILES string of the molecule is CCCOC(=O)C(=CNC1CC1)C(=O)c1c(F)c(C)c(F)c(F)c1[N+](=O)[O-]. The molecule has 10 heteroatoms. The van der Waals surface area contributed by atoms with Crippen molar-refractivity contribution in [1.82, 2.24) is 5.32 Å². The third-order valence-corrected chi connectivity index (χ3v) is 3.87. The first kappa shape index (κ1) is 20.4. The fourth-order valence-electron chi connectivity index (χ4n) is 2.22. The third-order valence-electron chi connectivity index (χ3n) is 3.87. The van der Waals surface area contributed by atoms with Crippen LogP contribution in [0.2, 0.25) is 0 Å². The highest BCUT2D eigenvalue weighted by Crippen LogP contribution is 2.32. The lowest BCUT2D eigenvalue weighted by Crippen LogP contribution is -2.23. The van der Waals surface area contributed by atoms with Gasteiger partial charge in [0, 0.05) is 17.8 Å². The molecule has 146 valence electrons. The average Bonchev–Trinajstić information content (AvgIpc) is 3.44. The number of nitrogens with one attached hydrogen (secondary N) is 1. The maximum absolute atomic E-state index is 14.5. The molecule has 7 nitrogen and oxygen atoms in total. The van der Waals surface area contributed by atoms with Crippen molar-refractivity contribution >= 4 is 17.4 Å². The summed E-state index contributed by atoms with van der Waals surface area (Å²) >= 11 is 0. The molecule has 1 aromatic carbocycles. The Hall–Kier alpha value is -2.91. The second kappa shape index (κ2) is 8.19. The van der Waals surface area contributed by atoms with E-state index in [0.717, 1.165) is 26.0 Å². The van der Waals surface area contributed by atoms with Gasteiger partial charge in [-0.25, -0.2) is 13.6 Å². The summed E-state index contributed by atoms with van der Waals surface area (Å²) in [6.45, 7) is 2.48. The van der Waals surface area contributed by atoms with Crippen LogP contribution in [0.15, 0.2) is 11.8 Å². The van der Waals surface area contributed by atoms with Crippen molar-refractivity contribution in [3.05, 3.63) is 50.5 Å². The van der Waals surface area contributed by atoms with E-state index in [4.69, 9.17) is 4.74 Å². The molecule has 0 heterocycles. The van der Waals surface area contributed by atoms with Crippen LogP contribution in [-0.4, -0.2) is 29.3 Å². The quantitative estimate of drug-likeness (QED) is 0.108. The summed E-state index contributed by atoms with van der Waals surface area (Å²) < 4.78 is 47.0. The minimum absolute atomic E-state index is 0.00158. The fourth-order valence-corrected chi connectivity index (χ4v) is 2.22. The first-order chi connectivity index (χ1) is 12.7. The molecule has 0 aromatic heterocycles. The van der Waals surface area contributed by atoms with E-state index >= 15 is 0 Å². The number of nitro groups is 1. The van der Waals surface area contributed by atoms with Crippen LogP contribution in [-0.2, 0) is 9.53 Å². The van der Waals surface area contributed by atoms with Crippen LogP contribution < -0.4 is 5.32 Å². The van der Waals surface area contributed by atoms with Gasteiger partial charge in [0.1, 0.15) is 17.0 Å². The van der Waals surface area contributed by atoms with Crippen LogP contribution in [0.5, 0.6) is 0 Å². The van der Waals surface area contributed by atoms with E-state index in [1.807, 2.05) is 0 Å². The zero-order valence-electron chi connectivity index (χ0n) is 14.6. The number of hydrogen-bond acceptors (Lipinski definition) is 6. The van der Waals surface area contributed by atoms with Crippen molar-refractivity contribution in [2.75, 3.05) is 6.61 Å². The lowest BCUT2D eigenvalue weighted by atomic mass is 9.98. The molecule has 0 spiro atoms. The molecular formula is C17H17F3N2O5. The number of benzene rings is 1. The molecule has 1 fully saturated rings. The van der Waals surface area contributed by atoms with Gasteiger partial charge in [0.15, 0.2) is 5.82 Å². The zero-order chi connectivity index (χ0) is 20.3. The van der Waals surface area contributed by atoms with Gasteiger partial charge in [-0.3, -0.25) is 14.9 Å². The number of nitro benzene ring substituents is 1. The Balaban J connectivity index is 2.58. The highest BCUT2D eigenvalue weighted by Gasteiger charge is 2.38. The summed E-state index contributed by atoms with van der Waals surface area (Å²) in [5.74, 6) is -7.96. The number of nitrogens with zero attached hydrogens (tertiary/aromatic N) is 1. The van der Waals surface area contributed by atoms with Gasteiger partial charge in [-0.15, -0.1) is 0 Å². The van der Waals surface area contributed by atoms with Crippen LogP contribution >= 0.6 is 0 Å². The molecule has 0 saturated heterocycles. The minimum Gasteiger partial charge on any atom is -0.462 e. The van der Waals surface area contributed by atoms with Gasteiger partial charge in [0.2, 0.25) is 11.6 Å². The fraction of sp³-hybridized carbons (Fsp3) is 0.412. The van der Waals surface area contributed by atoms with E-state index in [1.165, 1.54) is 0 Å². The van der Waals surface area contributed by atoms with Gasteiger partial charge < -0.3 is 10.1 Å². The number of carbonyl (C=O) groups is 2. The van der Waals surface area contributed by atoms with E-state index in [2.05, 4.69) is 5.32 Å². The number of ether oxygens (including phenoxy) is 1. The smallest absolute Gasteiger partial charge is 0.343 e. The van der Waals surface area contributed by atoms with E-state index in [-0.39, 0.29) is 12.6 Å². The van der Waals surface area contributed by atoms with Crippen molar-refractivity contribution in [2.24, 2.45) is 0 Å². The number of carbonyl (C=O) groups excluding carboxylic acids is 2. The predicted molar refractivity (Wildman–Crippen MR) is 87.5 cm³/mol. The van der Waals surface area contributed by atoms with E-state index in [9.17, 15) is 32.9 Å². The van der Waals surface area contributed by atoms with E-state index in [1.54, 1.807) is 6.92 Å². The standard InChI is InChI=1S/C17H17F3N2O5/c1-3-6-27-17(24)10(7-21-9-4-5-9)16(23)11-12(18)8(2)13(19)14(20)15(11)22(25)26/h7,9,21H,3-6H2,1-2H3. The van der Waals surface area contributed by atoms with Crippen LogP contribution in [0.3, 0.4) is 0 Å². The number of hydrogen-bond donors (Lipinski definition) is 1. The molecule has 1 aliphatic rings. The van der Waals surface area contributed by atoms with Crippen LogP contribution in [0.25, 0.3) is 0 Å². The second-order valence-electron chi connectivity index (χ2n) is 6.01. The Morgan fingerprint density at radius 2 is 1.89 bits per heavy atom. The largest absolute Gasteiger partial charge is 0.462 e. The van der Waals surface area contributed by atoms with Crippen LogP contribution in [0.1, 0.15) is 42.1 Å². The number of halogens is 3. The zero-order valence-corrected chi connectivity index (χ0v) is 14.6. The first-order valence-corrected chi connectivity index (χ1v) is 8.20. The molecule has 1 aliphatic carbocycles. The lowest BCUT2D eigenvalue weighted by molar-refractivity contribution is -0.388. The van der Waals surface area contributed by atoms with E-state index in [0.29, 0.717) is 6.42 Å². The Bertz CT molecular complexity index is 835. The maximum Gasteiger partial charge on any atom is 0.343 e. The van der Waals surface area contributed by atoms with Gasteiger partial charge in [-0.2, -0.15) is 4.39 Å². The van der Waals surface area contributed by atoms with Crippen molar-refractivity contribution in [3.8, 4) is 0 Å². The highest BCUT2D eigenvalue weighted by atomic mass is 19.2. The molecule has 0 unspecified atom stereocenters.